The van der Waals surface area contributed by atoms with Gasteiger partial charge in [-0.2, -0.15) is 9.97 Å². The van der Waals surface area contributed by atoms with Crippen LogP contribution in [0.4, 0.5) is 0 Å². The van der Waals surface area contributed by atoms with E-state index in [-0.39, 0.29) is 44.3 Å². The lowest BCUT2D eigenvalue weighted by molar-refractivity contribution is 0.269. The summed E-state index contributed by atoms with van der Waals surface area (Å²) in [6.07, 6.45) is 7.03. The molecule has 0 radical (unpaired) electrons. The van der Waals surface area contributed by atoms with Crippen molar-refractivity contribution < 1.29 is 37.6 Å². The molecule has 1 aliphatic heterocycles. The van der Waals surface area contributed by atoms with Gasteiger partial charge in [0, 0.05) is 55.9 Å². The smallest absolute Gasteiger partial charge is 0.238 e. The van der Waals surface area contributed by atoms with Gasteiger partial charge in [-0.25, -0.2) is 4.98 Å². The summed E-state index contributed by atoms with van der Waals surface area (Å²) in [6, 6.07) is -14.9. The Balaban J connectivity index is 1.31. The van der Waals surface area contributed by atoms with Gasteiger partial charge in [-0.15, -0.1) is 0 Å². The third-order valence-electron chi connectivity index (χ3n) is 9.85. The minimum Gasteiger partial charge on any atom is -0.485 e. The van der Waals surface area contributed by atoms with E-state index in [0.29, 0.717) is 5.75 Å². The van der Waals surface area contributed by atoms with Crippen LogP contribution in [-0.4, -0.2) is 30.2 Å². The minimum absolute atomic E-state index is 0.152. The molecule has 0 N–H and O–H groups in total. The van der Waals surface area contributed by atoms with E-state index in [9.17, 15) is 13.7 Å². The van der Waals surface area contributed by atoms with Crippen LogP contribution in [-0.2, 0) is 0 Å². The highest BCUT2D eigenvalue weighted by atomic mass is 16.5. The van der Waals surface area contributed by atoms with Crippen LogP contribution in [0.15, 0.2) is 188 Å². The van der Waals surface area contributed by atoms with Gasteiger partial charge in [0.2, 0.25) is 5.95 Å². The zero-order valence-electron chi connectivity index (χ0n) is 52.8. The summed E-state index contributed by atoms with van der Waals surface area (Å²) < 4.78 is 224. The second kappa shape index (κ2) is 12.5. The second-order valence-corrected chi connectivity index (χ2v) is 12.9. The maximum Gasteiger partial charge on any atom is 0.238 e. The summed E-state index contributed by atoms with van der Waals surface area (Å²) in [4.78, 5) is 13.7. The molecule has 0 fully saturated rings. The Morgan fingerprint density at radius 2 is 1.04 bits per heavy atom. The molecule has 12 rings (SSSR count). The molecule has 0 spiro atoms. The molecule has 2 unspecified atom stereocenters. The maximum atomic E-state index is 9.76. The summed E-state index contributed by atoms with van der Waals surface area (Å²) in [6.45, 7) is 0. The number of rotatable bonds is 5. The fourth-order valence-corrected chi connectivity index (χ4v) is 7.41. The summed E-state index contributed by atoms with van der Waals surface area (Å²) in [5.74, 6) is -2.31. The van der Waals surface area contributed by atoms with E-state index in [1.165, 1.54) is 4.57 Å². The molecule has 6 heteroatoms. The second-order valence-electron chi connectivity index (χ2n) is 12.9. The number of aromatic nitrogens is 5. The van der Waals surface area contributed by atoms with Crippen molar-refractivity contribution in [3.63, 3.8) is 0 Å². The van der Waals surface area contributed by atoms with E-state index in [0.717, 1.165) is 10.1 Å². The highest BCUT2D eigenvalue weighted by Gasteiger charge is 2.32. The highest BCUT2D eigenvalue weighted by molar-refractivity contribution is 6.23. The molecule has 268 valence electrons. The first-order valence-corrected chi connectivity index (χ1v) is 17.4. The number of nitrogens with zero attached hydrogens (tertiary/aromatic N) is 5. The van der Waals surface area contributed by atoms with Crippen LogP contribution in [0.5, 0.6) is 5.75 Å². The van der Waals surface area contributed by atoms with Gasteiger partial charge in [-0.1, -0.05) is 157 Å². The summed E-state index contributed by atoms with van der Waals surface area (Å²) in [7, 11) is 0. The lowest BCUT2D eigenvalue weighted by Crippen LogP contribution is -2.15. The van der Waals surface area contributed by atoms with Gasteiger partial charge in [0.25, 0.3) is 0 Å². The Bertz CT molecular complexity index is 4620. The number of hydrogen-bond donors (Lipinski definition) is 0. The Labute approximate surface area is 362 Å². The van der Waals surface area contributed by atoms with Gasteiger partial charge < -0.3 is 9.30 Å². The first kappa shape index (κ1) is 16.3. The first-order valence-electron chi connectivity index (χ1n) is 29.4. The highest BCUT2D eigenvalue weighted by Crippen LogP contribution is 2.45. The van der Waals surface area contributed by atoms with Crippen LogP contribution < -0.4 is 4.74 Å². The fraction of sp³-hybridized carbons (Fsp3) is 0.0392. The third-order valence-corrected chi connectivity index (χ3v) is 9.85. The quantitative estimate of drug-likeness (QED) is 0.175. The van der Waals surface area contributed by atoms with Crippen LogP contribution in [0.25, 0.3) is 89.2 Å². The predicted octanol–water partition coefficient (Wildman–Crippen LogP) is 12.0. The fourth-order valence-electron chi connectivity index (χ4n) is 7.41. The number of allylic oxidation sites excluding steroid dienone is 2. The topological polar surface area (TPSA) is 57.8 Å². The number of para-hydroxylation sites is 2. The zero-order valence-corrected chi connectivity index (χ0v) is 28.8. The van der Waals surface area contributed by atoms with Crippen LogP contribution >= 0.6 is 0 Å². The molecule has 0 saturated heterocycles. The summed E-state index contributed by atoms with van der Waals surface area (Å²) in [5, 5.41) is -1.37. The Morgan fingerprint density at radius 3 is 1.74 bits per heavy atom. The van der Waals surface area contributed by atoms with Crippen molar-refractivity contribution in [1.29, 1.82) is 0 Å². The lowest BCUT2D eigenvalue weighted by atomic mass is 9.92. The minimum atomic E-state index is -0.992. The van der Waals surface area contributed by atoms with E-state index in [1.54, 1.807) is 18.2 Å². The zero-order chi connectivity index (χ0) is 58.3. The number of hydrogen-bond acceptors (Lipinski definition) is 4. The van der Waals surface area contributed by atoms with E-state index >= 15 is 0 Å². The van der Waals surface area contributed by atoms with Crippen LogP contribution in [0.1, 0.15) is 44.4 Å². The van der Waals surface area contributed by atoms with E-state index < -0.39 is 202 Å². The SMILES string of the molecule is [2H]c1c([2H])c([2H])c(-c2nc(-c3c([2H])c([2H])c(-c4c([2H])c([2H])c([2H])c([2H])c4[2H])c([2H])c3[2H])nc(-n3c4c([2H])c([2H])c([2H])c([2H])c4c4c([2H])c([2H])c5c6c([2H])c([2H])c([2H])c([2H])c6n(-c6ccc7c(c6)OC6C=CC=CC76)c5c43)n2)c([2H])c1[2H]. The van der Waals surface area contributed by atoms with Crippen molar-refractivity contribution in [1.82, 2.24) is 24.1 Å². The Hall–Kier alpha value is -7.57. The molecule has 2 aliphatic rings. The summed E-state index contributed by atoms with van der Waals surface area (Å²) in [5.41, 5.74) is -3.37. The molecular formula is C51H33N5O. The van der Waals surface area contributed by atoms with Crippen LogP contribution in [0.3, 0.4) is 0 Å². The molecule has 57 heavy (non-hydrogen) atoms. The number of ether oxygens (including phenoxy) is 1. The van der Waals surface area contributed by atoms with E-state index in [4.69, 9.17) is 23.9 Å². The van der Waals surface area contributed by atoms with Gasteiger partial charge in [-0.05, 0) is 35.4 Å². The normalized spacial score (nSPS) is 21.6. The van der Waals surface area contributed by atoms with E-state index in [2.05, 4.69) is 15.0 Å². The van der Waals surface area contributed by atoms with E-state index in [1.807, 2.05) is 24.3 Å². The van der Waals surface area contributed by atoms with Gasteiger partial charge >= 0.3 is 0 Å². The largest absolute Gasteiger partial charge is 0.485 e. The average Bonchev–Trinajstić information content (AvgIpc) is 2.47. The summed E-state index contributed by atoms with van der Waals surface area (Å²) >= 11 is 0. The molecule has 6 nitrogen and oxygen atoms in total. The monoisotopic (exact) mass is 755 g/mol. The predicted molar refractivity (Wildman–Crippen MR) is 230 cm³/mol. The molecule has 3 aromatic heterocycles. The van der Waals surface area contributed by atoms with Crippen molar-refractivity contribution >= 4 is 43.6 Å². The lowest BCUT2D eigenvalue weighted by Gasteiger charge is -2.14. The molecule has 10 aromatic rings. The first-order chi connectivity index (χ1) is 38.2. The standard InChI is InChI=1S/C51H33N5O/c1-3-13-32(14-4-1)33-23-25-35(26-24-33)50-52-49(34-15-5-2-6-16-34)53-51(54-50)56-44-21-11-8-18-38(44)42-30-29-41-37-17-7-10-20-43(37)55(47(41)48(42)56)36-27-28-40-39-19-9-12-22-45(39)57-46(40)31-36/h1-31,39,45H/i1D,2D,3D,4D,5D,6D,7D,8D,10D,11D,13D,14D,15D,16D,17D,18D,20D,21D,23D,24D,25D,26D,29D,30D. The average molecular weight is 756 g/mol. The molecule has 7 aromatic carbocycles. The van der Waals surface area contributed by atoms with Gasteiger partial charge in [0.1, 0.15) is 11.9 Å². The molecule has 0 bridgehead atoms. The van der Waals surface area contributed by atoms with Crippen LogP contribution in [0.2, 0.25) is 0 Å². The van der Waals surface area contributed by atoms with Crippen molar-refractivity contribution in [2.24, 2.45) is 0 Å². The van der Waals surface area contributed by atoms with Gasteiger partial charge in [-0.3, -0.25) is 4.57 Å². The Kier molecular flexibility index (Phi) is 3.56. The van der Waals surface area contributed by atoms with Crippen molar-refractivity contribution in [3.8, 4) is 51.3 Å². The maximum absolute atomic E-state index is 9.76. The van der Waals surface area contributed by atoms with Crippen molar-refractivity contribution in [3.05, 3.63) is 193 Å². The molecule has 1 aliphatic carbocycles. The van der Waals surface area contributed by atoms with Crippen molar-refractivity contribution in [2.75, 3.05) is 0 Å². The van der Waals surface area contributed by atoms with Crippen LogP contribution in [0, 0.1) is 0 Å². The Morgan fingerprint density at radius 1 is 0.491 bits per heavy atom. The van der Waals surface area contributed by atoms with Gasteiger partial charge in [0.05, 0.1) is 55.0 Å². The number of fused-ring (bicyclic) bond motifs is 10. The molecule has 0 amide bonds. The molecule has 0 saturated carbocycles. The molecule has 4 heterocycles. The van der Waals surface area contributed by atoms with Crippen molar-refractivity contribution in [2.45, 2.75) is 12.0 Å². The molecular weight excluding hydrogens is 699 g/mol. The molecule has 2 atom stereocenters. The third kappa shape index (κ3) is 4.94. The number of benzene rings is 7. The van der Waals surface area contributed by atoms with Gasteiger partial charge in [0.15, 0.2) is 11.6 Å².